The molecule has 27 heavy (non-hydrogen) atoms. The van der Waals surface area contributed by atoms with Crippen molar-refractivity contribution in [3.8, 4) is 5.75 Å². The molecule has 9 heteroatoms. The van der Waals surface area contributed by atoms with E-state index in [1.54, 1.807) is 0 Å². The fraction of sp³-hybridized carbons (Fsp3) is 0.278. The number of non-ortho nitro benzene ring substituents is 1. The number of hydrogen-bond donors (Lipinski definition) is 3. The van der Waals surface area contributed by atoms with Crippen molar-refractivity contribution in [1.29, 1.82) is 0 Å². The third-order valence-corrected chi connectivity index (χ3v) is 4.16. The molecule has 0 aromatic heterocycles. The van der Waals surface area contributed by atoms with Crippen LogP contribution in [0.4, 0.5) is 5.69 Å². The standard InChI is InChI=1S/C18H17NO8/c20-14-9-26-18(17(23)16(14)22)27-13-7-3-11(4-8-13)15(21)10-1-5-12(6-2-10)19(24)25/h1-8,14,16-18,20,22-23H,9H2/t14-,16+,17-,18-/m1/s1. The number of benzene rings is 2. The maximum Gasteiger partial charge on any atom is 0.269 e. The molecular formula is C18H17NO8. The minimum Gasteiger partial charge on any atom is -0.462 e. The summed E-state index contributed by atoms with van der Waals surface area (Å²) in [6.45, 7) is -0.181. The Morgan fingerprint density at radius 2 is 1.56 bits per heavy atom. The van der Waals surface area contributed by atoms with Crippen LogP contribution in [0.1, 0.15) is 15.9 Å². The molecule has 2 aromatic carbocycles. The summed E-state index contributed by atoms with van der Waals surface area (Å²) in [5, 5.41) is 39.6. The van der Waals surface area contributed by atoms with Crippen LogP contribution in [-0.2, 0) is 4.74 Å². The molecule has 0 bridgehead atoms. The molecule has 3 N–H and O–H groups in total. The van der Waals surface area contributed by atoms with Gasteiger partial charge in [-0.15, -0.1) is 0 Å². The molecule has 1 heterocycles. The van der Waals surface area contributed by atoms with Crippen LogP contribution in [0.2, 0.25) is 0 Å². The average Bonchev–Trinajstić information content (AvgIpc) is 2.68. The highest BCUT2D eigenvalue weighted by atomic mass is 16.7. The fourth-order valence-corrected chi connectivity index (χ4v) is 2.60. The number of carbonyl (C=O) groups excluding carboxylic acids is 1. The summed E-state index contributed by atoms with van der Waals surface area (Å²) >= 11 is 0. The Balaban J connectivity index is 1.68. The molecule has 9 nitrogen and oxygen atoms in total. The first kappa shape index (κ1) is 18.9. The predicted octanol–water partition coefficient (Wildman–Crippen LogP) is 0.644. The summed E-state index contributed by atoms with van der Waals surface area (Å²) in [6.07, 6.45) is -5.15. The minimum atomic E-state index is -1.42. The maximum atomic E-state index is 12.4. The number of hydrogen-bond acceptors (Lipinski definition) is 8. The Morgan fingerprint density at radius 3 is 2.11 bits per heavy atom. The zero-order valence-corrected chi connectivity index (χ0v) is 14.0. The van der Waals surface area contributed by atoms with Gasteiger partial charge >= 0.3 is 0 Å². The van der Waals surface area contributed by atoms with Crippen LogP contribution in [0.15, 0.2) is 48.5 Å². The van der Waals surface area contributed by atoms with Gasteiger partial charge in [0.15, 0.2) is 5.78 Å². The first-order valence-electron chi connectivity index (χ1n) is 8.08. The van der Waals surface area contributed by atoms with Gasteiger partial charge in [0.1, 0.15) is 24.1 Å². The Morgan fingerprint density at radius 1 is 1.00 bits per heavy atom. The lowest BCUT2D eigenvalue weighted by atomic mass is 10.0. The van der Waals surface area contributed by atoms with Crippen LogP contribution in [-0.4, -0.2) is 57.2 Å². The normalized spacial score (nSPS) is 25.0. The number of carbonyl (C=O) groups is 1. The molecule has 0 aliphatic carbocycles. The van der Waals surface area contributed by atoms with E-state index in [2.05, 4.69) is 0 Å². The quantitative estimate of drug-likeness (QED) is 0.393. The summed E-state index contributed by atoms with van der Waals surface area (Å²) in [5.41, 5.74) is 0.544. The van der Waals surface area contributed by atoms with Crippen molar-refractivity contribution in [2.24, 2.45) is 0 Å². The summed E-state index contributed by atoms with van der Waals surface area (Å²) < 4.78 is 10.6. The molecule has 1 aliphatic heterocycles. The molecule has 3 rings (SSSR count). The summed E-state index contributed by atoms with van der Waals surface area (Å²) in [5.74, 6) is -0.0215. The highest BCUT2D eigenvalue weighted by Gasteiger charge is 2.38. The van der Waals surface area contributed by atoms with Crippen molar-refractivity contribution in [1.82, 2.24) is 0 Å². The summed E-state index contributed by atoms with van der Waals surface area (Å²) in [4.78, 5) is 22.5. The third-order valence-electron chi connectivity index (χ3n) is 4.16. The molecule has 0 radical (unpaired) electrons. The van der Waals surface area contributed by atoms with Crippen LogP contribution in [0.5, 0.6) is 5.75 Å². The van der Waals surface area contributed by atoms with Crippen molar-refractivity contribution in [3.63, 3.8) is 0 Å². The molecule has 2 aromatic rings. The topological polar surface area (TPSA) is 139 Å². The van der Waals surface area contributed by atoms with Crippen LogP contribution in [0.25, 0.3) is 0 Å². The molecule has 0 amide bonds. The largest absolute Gasteiger partial charge is 0.462 e. The molecule has 142 valence electrons. The lowest BCUT2D eigenvalue weighted by molar-refractivity contribution is -0.384. The van der Waals surface area contributed by atoms with E-state index in [0.717, 1.165) is 0 Å². The van der Waals surface area contributed by atoms with Gasteiger partial charge in [0.2, 0.25) is 6.29 Å². The van der Waals surface area contributed by atoms with Crippen LogP contribution in [0.3, 0.4) is 0 Å². The van der Waals surface area contributed by atoms with Crippen molar-refractivity contribution in [2.75, 3.05) is 6.61 Å². The van der Waals surface area contributed by atoms with E-state index in [-0.39, 0.29) is 18.1 Å². The molecule has 0 spiro atoms. The van der Waals surface area contributed by atoms with Gasteiger partial charge in [-0.1, -0.05) is 0 Å². The Labute approximate surface area is 153 Å². The minimum absolute atomic E-state index is 0.103. The van der Waals surface area contributed by atoms with Gasteiger partial charge in [-0.2, -0.15) is 0 Å². The van der Waals surface area contributed by atoms with Crippen molar-refractivity contribution in [3.05, 3.63) is 69.8 Å². The number of nitrogens with zero attached hydrogens (tertiary/aromatic N) is 1. The van der Waals surface area contributed by atoms with E-state index in [0.29, 0.717) is 16.9 Å². The van der Waals surface area contributed by atoms with Gasteiger partial charge in [-0.25, -0.2) is 0 Å². The van der Waals surface area contributed by atoms with Gasteiger partial charge in [-0.3, -0.25) is 14.9 Å². The van der Waals surface area contributed by atoms with Crippen molar-refractivity contribution in [2.45, 2.75) is 24.6 Å². The summed E-state index contributed by atoms with van der Waals surface area (Å²) in [7, 11) is 0. The Hall–Kier alpha value is -2.85. The van der Waals surface area contributed by atoms with Crippen LogP contribution < -0.4 is 4.74 Å². The molecular weight excluding hydrogens is 358 g/mol. The maximum absolute atomic E-state index is 12.4. The van der Waals surface area contributed by atoms with E-state index in [1.165, 1.54) is 48.5 Å². The first-order chi connectivity index (χ1) is 12.9. The monoisotopic (exact) mass is 375 g/mol. The van der Waals surface area contributed by atoms with E-state index in [9.17, 15) is 30.2 Å². The average molecular weight is 375 g/mol. The highest BCUT2D eigenvalue weighted by Crippen LogP contribution is 2.22. The number of aliphatic hydroxyl groups excluding tert-OH is 3. The molecule has 1 aliphatic rings. The third kappa shape index (κ3) is 4.12. The van der Waals surface area contributed by atoms with Crippen molar-refractivity contribution >= 4 is 11.5 Å². The Kier molecular flexibility index (Phi) is 5.47. The van der Waals surface area contributed by atoms with E-state index in [1.807, 2.05) is 0 Å². The second kappa shape index (κ2) is 7.80. The highest BCUT2D eigenvalue weighted by molar-refractivity contribution is 6.09. The smallest absolute Gasteiger partial charge is 0.269 e. The van der Waals surface area contributed by atoms with E-state index < -0.39 is 29.5 Å². The summed E-state index contributed by atoms with van der Waals surface area (Å²) in [6, 6.07) is 11.3. The van der Waals surface area contributed by atoms with Gasteiger partial charge in [0.05, 0.1) is 11.5 Å². The molecule has 1 fully saturated rings. The second-order valence-electron chi connectivity index (χ2n) is 6.03. The number of nitro groups is 1. The predicted molar refractivity (Wildman–Crippen MR) is 91.4 cm³/mol. The number of ketones is 1. The zero-order chi connectivity index (χ0) is 19.6. The SMILES string of the molecule is O=C(c1ccc(O[C@H]2OC[C@@H](O)[C@H](O)[C@H]2O)cc1)c1ccc([N+](=O)[O-])cc1. The van der Waals surface area contributed by atoms with Gasteiger partial charge in [0, 0.05) is 23.3 Å². The molecule has 4 atom stereocenters. The van der Waals surface area contributed by atoms with E-state index in [4.69, 9.17) is 9.47 Å². The van der Waals surface area contributed by atoms with Gasteiger partial charge in [-0.05, 0) is 36.4 Å². The lowest BCUT2D eigenvalue weighted by Gasteiger charge is -2.34. The van der Waals surface area contributed by atoms with Gasteiger partial charge < -0.3 is 24.8 Å². The second-order valence-corrected chi connectivity index (χ2v) is 6.03. The number of rotatable bonds is 5. The fourth-order valence-electron chi connectivity index (χ4n) is 2.60. The molecule has 0 saturated carbocycles. The molecule has 1 saturated heterocycles. The Bertz CT molecular complexity index is 820. The van der Waals surface area contributed by atoms with Gasteiger partial charge in [0.25, 0.3) is 5.69 Å². The van der Waals surface area contributed by atoms with E-state index >= 15 is 0 Å². The zero-order valence-electron chi connectivity index (χ0n) is 14.0. The first-order valence-corrected chi connectivity index (χ1v) is 8.08. The number of nitro benzene ring substituents is 1. The number of ether oxygens (including phenoxy) is 2. The van der Waals surface area contributed by atoms with Crippen LogP contribution in [0, 0.1) is 10.1 Å². The lowest BCUT2D eigenvalue weighted by Crippen LogP contribution is -2.54. The number of aliphatic hydroxyl groups is 3. The molecule has 0 unspecified atom stereocenters. The van der Waals surface area contributed by atoms with Crippen molar-refractivity contribution < 1.29 is 34.5 Å². The van der Waals surface area contributed by atoms with Crippen LogP contribution >= 0.6 is 0 Å².